The number of rotatable bonds is 3. The highest BCUT2D eigenvalue weighted by Crippen LogP contribution is 2.40. The zero-order chi connectivity index (χ0) is 27.2. The lowest BCUT2D eigenvalue weighted by Crippen LogP contribution is -2.38. The smallest absolute Gasteiger partial charge is 0.306 e. The van der Waals surface area contributed by atoms with Gasteiger partial charge in [-0.1, -0.05) is 63.9 Å². The van der Waals surface area contributed by atoms with Crippen molar-refractivity contribution < 1.29 is 31.1 Å². The van der Waals surface area contributed by atoms with Crippen LogP contribution in [0.4, 0.5) is 36.8 Å². The van der Waals surface area contributed by atoms with Gasteiger partial charge in [0.1, 0.15) is 0 Å². The number of amides is 2. The van der Waals surface area contributed by atoms with Crippen molar-refractivity contribution >= 4 is 45.0 Å². The summed E-state index contributed by atoms with van der Waals surface area (Å²) < 4.78 is 78.6. The molecular formula is C25H17BrClF6N3O. The highest BCUT2D eigenvalue weighted by atomic mass is 79.9. The molecule has 1 heterocycles. The maximum atomic E-state index is 13.2. The second kappa shape index (κ2) is 9.68. The molecule has 0 radical (unpaired) electrons. The summed E-state index contributed by atoms with van der Waals surface area (Å²) in [4.78, 5) is 13.1. The number of hydrogen-bond acceptors (Lipinski definition) is 2. The summed E-state index contributed by atoms with van der Waals surface area (Å²) in [5.41, 5.74) is -1.40. The van der Waals surface area contributed by atoms with Gasteiger partial charge in [-0.15, -0.1) is 0 Å². The average Bonchev–Trinajstić information content (AvgIpc) is 3.17. The number of carbonyl (C=O) groups is 1. The molecule has 3 aromatic rings. The van der Waals surface area contributed by atoms with Crippen LogP contribution in [0, 0.1) is 0 Å². The molecule has 1 aliphatic rings. The molecule has 0 aromatic heterocycles. The first-order valence-electron chi connectivity index (χ1n) is 10.7. The summed E-state index contributed by atoms with van der Waals surface area (Å²) in [7, 11) is 0. The summed E-state index contributed by atoms with van der Waals surface area (Å²) in [6.45, 7) is 1.80. The first-order valence-corrected chi connectivity index (χ1v) is 11.8. The van der Waals surface area contributed by atoms with E-state index in [2.05, 4.69) is 26.3 Å². The van der Waals surface area contributed by atoms with Gasteiger partial charge in [0.05, 0.1) is 33.8 Å². The van der Waals surface area contributed by atoms with E-state index in [4.69, 9.17) is 11.6 Å². The van der Waals surface area contributed by atoms with Crippen LogP contribution in [0.1, 0.15) is 29.2 Å². The molecule has 1 aliphatic heterocycles. The van der Waals surface area contributed by atoms with Gasteiger partial charge >= 0.3 is 18.4 Å². The Morgan fingerprint density at radius 1 is 0.973 bits per heavy atom. The second-order valence-corrected chi connectivity index (χ2v) is 9.78. The van der Waals surface area contributed by atoms with Gasteiger partial charge in [0.25, 0.3) is 0 Å². The Hall–Kier alpha value is -3.05. The van der Waals surface area contributed by atoms with Gasteiger partial charge in [-0.3, -0.25) is 0 Å². The Bertz CT molecular complexity index is 1380. The van der Waals surface area contributed by atoms with E-state index in [9.17, 15) is 31.1 Å². The summed E-state index contributed by atoms with van der Waals surface area (Å²) >= 11 is 8.81. The van der Waals surface area contributed by atoms with E-state index in [1.54, 1.807) is 37.3 Å². The van der Waals surface area contributed by atoms with Crippen molar-refractivity contribution in [3.63, 3.8) is 0 Å². The number of nitrogens with one attached hydrogen (secondary N) is 1. The Morgan fingerprint density at radius 2 is 1.59 bits per heavy atom. The minimum Gasteiger partial charge on any atom is -0.306 e. The van der Waals surface area contributed by atoms with Crippen molar-refractivity contribution in [1.29, 1.82) is 0 Å². The summed E-state index contributed by atoms with van der Waals surface area (Å²) in [6, 6.07) is 14.5. The van der Waals surface area contributed by atoms with E-state index < -0.39 is 39.9 Å². The van der Waals surface area contributed by atoms with Crippen LogP contribution in [-0.4, -0.2) is 23.3 Å². The molecule has 1 unspecified atom stereocenters. The highest BCUT2D eigenvalue weighted by molar-refractivity contribution is 9.10. The SMILES string of the molecule is CC1(c2ccccc2)CN(C(=O)Nc2ccc(C(F)(F)F)c(Br)c2)N=C1c1ccc(C(F)(F)F)c(Cl)c1. The van der Waals surface area contributed by atoms with Crippen LogP contribution in [0.15, 0.2) is 76.3 Å². The second-order valence-electron chi connectivity index (χ2n) is 8.52. The molecule has 0 saturated heterocycles. The van der Waals surface area contributed by atoms with Crippen molar-refractivity contribution in [2.45, 2.75) is 24.7 Å². The molecule has 2 amide bonds. The Kier molecular flexibility index (Phi) is 7.06. The molecule has 4 nitrogen and oxygen atoms in total. The fourth-order valence-electron chi connectivity index (χ4n) is 4.07. The van der Waals surface area contributed by atoms with Gasteiger partial charge < -0.3 is 5.32 Å². The normalized spacial score (nSPS) is 18.1. The molecule has 4 rings (SSSR count). The number of carbonyl (C=O) groups excluding carboxylic acids is 1. The largest absolute Gasteiger partial charge is 0.417 e. The van der Waals surface area contributed by atoms with Crippen molar-refractivity contribution in [2.24, 2.45) is 5.10 Å². The minimum absolute atomic E-state index is 0.0125. The van der Waals surface area contributed by atoms with Crippen molar-refractivity contribution in [3.8, 4) is 0 Å². The van der Waals surface area contributed by atoms with Crippen LogP contribution in [0.25, 0.3) is 0 Å². The lowest BCUT2D eigenvalue weighted by molar-refractivity contribution is -0.138. The van der Waals surface area contributed by atoms with Crippen molar-refractivity contribution in [2.75, 3.05) is 11.9 Å². The number of hydrogen-bond donors (Lipinski definition) is 1. The number of halogens is 8. The van der Waals surface area contributed by atoms with E-state index in [1.165, 1.54) is 6.07 Å². The topological polar surface area (TPSA) is 44.7 Å². The maximum absolute atomic E-state index is 13.2. The molecule has 12 heteroatoms. The number of anilines is 1. The van der Waals surface area contributed by atoms with E-state index >= 15 is 0 Å². The summed E-state index contributed by atoms with van der Waals surface area (Å²) in [5, 5.41) is 7.48. The van der Waals surface area contributed by atoms with Crippen LogP contribution in [0.3, 0.4) is 0 Å². The lowest BCUT2D eigenvalue weighted by Gasteiger charge is -2.27. The number of nitrogens with zero attached hydrogens (tertiary/aromatic N) is 2. The van der Waals surface area contributed by atoms with Crippen LogP contribution in [0.2, 0.25) is 5.02 Å². The van der Waals surface area contributed by atoms with Crippen LogP contribution in [0.5, 0.6) is 0 Å². The third kappa shape index (κ3) is 5.47. The maximum Gasteiger partial charge on any atom is 0.417 e. The highest BCUT2D eigenvalue weighted by Gasteiger charge is 2.43. The molecular weight excluding hydrogens is 588 g/mol. The van der Waals surface area contributed by atoms with Crippen LogP contribution in [-0.2, 0) is 17.8 Å². The Morgan fingerprint density at radius 3 is 2.16 bits per heavy atom. The molecule has 1 N–H and O–H groups in total. The van der Waals surface area contributed by atoms with Gasteiger partial charge in [0, 0.05) is 15.7 Å². The third-order valence-electron chi connectivity index (χ3n) is 5.93. The van der Waals surface area contributed by atoms with E-state index in [0.717, 1.165) is 40.9 Å². The van der Waals surface area contributed by atoms with Crippen LogP contribution >= 0.6 is 27.5 Å². The molecule has 0 bridgehead atoms. The summed E-state index contributed by atoms with van der Waals surface area (Å²) in [5.74, 6) is 0. The quantitative estimate of drug-likeness (QED) is 0.300. The predicted molar refractivity (Wildman–Crippen MR) is 132 cm³/mol. The summed E-state index contributed by atoms with van der Waals surface area (Å²) in [6.07, 6.45) is -9.21. The standard InChI is InChI=1S/C25H17BrClF6N3O/c1-23(15-5-3-2-4-6-15)13-36(22(37)34-16-8-10-17(19(26)12-16)24(28,29)30)35-21(23)14-7-9-18(20(27)11-14)25(31,32)33/h2-12H,13H2,1H3,(H,34,37). The van der Waals surface area contributed by atoms with E-state index in [-0.39, 0.29) is 22.3 Å². The monoisotopic (exact) mass is 603 g/mol. The minimum atomic E-state index is -4.64. The molecule has 194 valence electrons. The van der Waals surface area contributed by atoms with Gasteiger partial charge in [-0.2, -0.15) is 31.4 Å². The Balaban J connectivity index is 1.69. The number of urea groups is 1. The van der Waals surface area contributed by atoms with E-state index in [0.29, 0.717) is 5.71 Å². The molecule has 3 aromatic carbocycles. The predicted octanol–water partition coefficient (Wildman–Crippen LogP) is 8.35. The van der Waals surface area contributed by atoms with Crippen molar-refractivity contribution in [3.05, 3.63) is 98.5 Å². The average molecular weight is 605 g/mol. The third-order valence-corrected chi connectivity index (χ3v) is 6.90. The molecule has 0 spiro atoms. The number of alkyl halides is 6. The zero-order valence-corrected chi connectivity index (χ0v) is 21.2. The molecule has 37 heavy (non-hydrogen) atoms. The fourth-order valence-corrected chi connectivity index (χ4v) is 4.96. The Labute approximate surface area is 221 Å². The van der Waals surface area contributed by atoms with Gasteiger partial charge in [-0.05, 0) is 42.8 Å². The van der Waals surface area contributed by atoms with Crippen LogP contribution < -0.4 is 5.32 Å². The van der Waals surface area contributed by atoms with Gasteiger partial charge in [0.2, 0.25) is 0 Å². The fraction of sp³-hybridized carbons (Fsp3) is 0.200. The lowest BCUT2D eigenvalue weighted by atomic mass is 9.76. The van der Waals surface area contributed by atoms with Crippen molar-refractivity contribution in [1.82, 2.24) is 5.01 Å². The van der Waals surface area contributed by atoms with E-state index in [1.807, 2.05) is 0 Å². The first kappa shape index (κ1) is 27.0. The molecule has 0 saturated carbocycles. The first-order chi connectivity index (χ1) is 17.2. The van der Waals surface area contributed by atoms with Gasteiger partial charge in [0.15, 0.2) is 0 Å². The zero-order valence-electron chi connectivity index (χ0n) is 18.9. The van der Waals surface area contributed by atoms with Gasteiger partial charge in [-0.25, -0.2) is 9.80 Å². The molecule has 1 atom stereocenters. The molecule has 0 aliphatic carbocycles. The number of benzene rings is 3. The molecule has 0 fully saturated rings. The number of hydrazone groups is 1.